The monoisotopic (exact) mass is 749 g/mol. The summed E-state index contributed by atoms with van der Waals surface area (Å²) in [7, 11) is 6.37. The first-order chi connectivity index (χ1) is 24.9. The van der Waals surface area contributed by atoms with Crippen molar-refractivity contribution in [2.24, 2.45) is 23.7 Å². The molecule has 0 bridgehead atoms. The van der Waals surface area contributed by atoms with E-state index >= 15 is 0 Å². The Kier molecular flexibility index (Phi) is 18.3. The number of hydrogen-bond donors (Lipinski definition) is 4. The first kappa shape index (κ1) is 45.5. The molecule has 0 radical (unpaired) electrons. The van der Waals surface area contributed by atoms with Gasteiger partial charge in [0.2, 0.25) is 23.6 Å². The van der Waals surface area contributed by atoms with Gasteiger partial charge in [-0.1, -0.05) is 67.0 Å². The molecule has 14 heteroatoms. The standard InChI is InChI=1S/C39H64FN5O8/c1-12-24(6)34(44(9)38(49)33(23(4)5)43-37(48)32(41-8)22(2)3)30(52-10)21-31(46)45-18-14-17-29(45)35(53-11)25(7)36(47)42-28(39(50)51)20-26-15-13-16-27(40)19-26/h13,15-16,19,22-25,28-30,32-35,41H,12,14,17-18,20-21H2,1-11H3,(H,42,47)(H,43,48)(H,50,51)/t24-,25+,28-,29-,30+,32?,33-,34?,35+/m0/s1. The van der Waals surface area contributed by atoms with E-state index in [-0.39, 0.29) is 48.3 Å². The van der Waals surface area contributed by atoms with E-state index in [1.54, 1.807) is 36.9 Å². The molecule has 0 saturated carbocycles. The van der Waals surface area contributed by atoms with E-state index < -0.39 is 66.0 Å². The van der Waals surface area contributed by atoms with Gasteiger partial charge < -0.3 is 40.3 Å². The predicted octanol–water partition coefficient (Wildman–Crippen LogP) is 3.24. The normalized spacial score (nSPS) is 19.1. The molecule has 300 valence electrons. The summed E-state index contributed by atoms with van der Waals surface area (Å²) >= 11 is 0. The molecule has 1 aliphatic heterocycles. The van der Waals surface area contributed by atoms with Gasteiger partial charge in [-0.3, -0.25) is 19.2 Å². The van der Waals surface area contributed by atoms with Crippen molar-refractivity contribution in [1.29, 1.82) is 0 Å². The van der Waals surface area contributed by atoms with E-state index in [4.69, 9.17) is 9.47 Å². The first-order valence-electron chi connectivity index (χ1n) is 18.8. The predicted molar refractivity (Wildman–Crippen MR) is 200 cm³/mol. The van der Waals surface area contributed by atoms with E-state index in [1.807, 2.05) is 41.5 Å². The maximum absolute atomic E-state index is 14.1. The van der Waals surface area contributed by atoms with Crippen molar-refractivity contribution in [3.05, 3.63) is 35.6 Å². The number of nitrogens with one attached hydrogen (secondary N) is 3. The van der Waals surface area contributed by atoms with Crippen molar-refractivity contribution < 1.29 is 42.9 Å². The number of hydrogen-bond acceptors (Lipinski definition) is 8. The number of carbonyl (C=O) groups excluding carboxylic acids is 4. The fourth-order valence-corrected chi connectivity index (χ4v) is 7.45. The average Bonchev–Trinajstić information content (AvgIpc) is 3.59. The first-order valence-corrected chi connectivity index (χ1v) is 18.8. The highest BCUT2D eigenvalue weighted by Gasteiger charge is 2.43. The summed E-state index contributed by atoms with van der Waals surface area (Å²) in [6, 6.07) is 2.02. The Bertz CT molecular complexity index is 1380. The minimum Gasteiger partial charge on any atom is -0.480 e. The highest BCUT2D eigenvalue weighted by Crippen LogP contribution is 2.30. The summed E-state index contributed by atoms with van der Waals surface area (Å²) < 4.78 is 25.5. The molecule has 53 heavy (non-hydrogen) atoms. The molecule has 1 aromatic rings. The lowest BCUT2D eigenvalue weighted by molar-refractivity contribution is -0.148. The number of carboxylic acids is 1. The number of halogens is 1. The van der Waals surface area contributed by atoms with Gasteiger partial charge in [0.25, 0.3) is 0 Å². The van der Waals surface area contributed by atoms with Crippen LogP contribution in [0.25, 0.3) is 0 Å². The van der Waals surface area contributed by atoms with Gasteiger partial charge >= 0.3 is 5.97 Å². The second-order valence-electron chi connectivity index (χ2n) is 15.1. The summed E-state index contributed by atoms with van der Waals surface area (Å²) in [6.07, 6.45) is 0.360. The molecule has 2 unspecified atom stereocenters. The number of methoxy groups -OCH3 is 2. The molecule has 9 atom stereocenters. The van der Waals surface area contributed by atoms with Crippen molar-refractivity contribution in [2.45, 2.75) is 123 Å². The Morgan fingerprint density at radius 3 is 2.13 bits per heavy atom. The van der Waals surface area contributed by atoms with Gasteiger partial charge in [-0.05, 0) is 55.3 Å². The zero-order valence-electron chi connectivity index (χ0n) is 33.5. The minimum absolute atomic E-state index is 0.00955. The lowest BCUT2D eigenvalue weighted by Gasteiger charge is -2.41. The second-order valence-corrected chi connectivity index (χ2v) is 15.1. The highest BCUT2D eigenvalue weighted by molar-refractivity contribution is 5.90. The van der Waals surface area contributed by atoms with Crippen LogP contribution in [0.15, 0.2) is 24.3 Å². The molecule has 1 fully saturated rings. The van der Waals surface area contributed by atoms with Gasteiger partial charge in [0.05, 0.1) is 42.7 Å². The second kappa shape index (κ2) is 21.3. The lowest BCUT2D eigenvalue weighted by atomic mass is 9.89. The van der Waals surface area contributed by atoms with Crippen molar-refractivity contribution in [2.75, 3.05) is 34.9 Å². The number of amides is 4. The molecule has 4 amide bonds. The van der Waals surface area contributed by atoms with E-state index in [2.05, 4.69) is 16.0 Å². The zero-order valence-corrected chi connectivity index (χ0v) is 33.5. The molecule has 4 N–H and O–H groups in total. The number of carboxylic acid groups (broad SMARTS) is 1. The van der Waals surface area contributed by atoms with Crippen molar-refractivity contribution in [1.82, 2.24) is 25.8 Å². The zero-order chi connectivity index (χ0) is 40.2. The number of ether oxygens (including phenoxy) is 2. The van der Waals surface area contributed by atoms with Crippen LogP contribution in [0.2, 0.25) is 0 Å². The fourth-order valence-electron chi connectivity index (χ4n) is 7.45. The summed E-state index contributed by atoms with van der Waals surface area (Å²) in [6.45, 7) is 13.7. The van der Waals surface area contributed by atoms with Crippen molar-refractivity contribution in [3.8, 4) is 0 Å². The van der Waals surface area contributed by atoms with Crippen LogP contribution >= 0.6 is 0 Å². The topological polar surface area (TPSA) is 167 Å². The molecule has 2 rings (SSSR count). The molecule has 0 aromatic heterocycles. The quantitative estimate of drug-likeness (QED) is 0.148. The minimum atomic E-state index is -1.30. The van der Waals surface area contributed by atoms with Gasteiger partial charge in [0.15, 0.2) is 0 Å². The molecule has 1 aromatic carbocycles. The van der Waals surface area contributed by atoms with Crippen LogP contribution in [0, 0.1) is 29.5 Å². The molecule has 0 spiro atoms. The van der Waals surface area contributed by atoms with Crippen LogP contribution < -0.4 is 16.0 Å². The third-order valence-corrected chi connectivity index (χ3v) is 10.7. The van der Waals surface area contributed by atoms with Crippen LogP contribution in [-0.2, 0) is 39.9 Å². The van der Waals surface area contributed by atoms with Gasteiger partial charge in [0.1, 0.15) is 17.9 Å². The Labute approximate surface area is 315 Å². The molecule has 13 nitrogen and oxygen atoms in total. The van der Waals surface area contributed by atoms with Crippen molar-refractivity contribution >= 4 is 29.6 Å². The molecule has 1 heterocycles. The fraction of sp³-hybridized carbons (Fsp3) is 0.718. The molecule has 1 saturated heterocycles. The number of carbonyl (C=O) groups is 5. The maximum atomic E-state index is 14.1. The van der Waals surface area contributed by atoms with Crippen molar-refractivity contribution in [3.63, 3.8) is 0 Å². The summed E-state index contributed by atoms with van der Waals surface area (Å²) in [4.78, 5) is 70.2. The smallest absolute Gasteiger partial charge is 0.326 e. The van der Waals surface area contributed by atoms with E-state index in [9.17, 15) is 33.5 Å². The van der Waals surface area contributed by atoms with Gasteiger partial charge in [-0.2, -0.15) is 0 Å². The number of likely N-dealkylation sites (N-methyl/N-ethyl adjacent to an activating group) is 2. The van der Waals surface area contributed by atoms with E-state index in [1.165, 1.54) is 32.4 Å². The summed E-state index contributed by atoms with van der Waals surface area (Å²) in [5.41, 5.74) is 0.426. The van der Waals surface area contributed by atoms with Crippen LogP contribution in [0.5, 0.6) is 0 Å². The molecule has 1 aliphatic rings. The van der Waals surface area contributed by atoms with Gasteiger partial charge in [-0.25, -0.2) is 9.18 Å². The van der Waals surface area contributed by atoms with Gasteiger partial charge in [0, 0.05) is 34.2 Å². The molecule has 0 aliphatic carbocycles. The Morgan fingerprint density at radius 1 is 0.981 bits per heavy atom. The number of rotatable bonds is 21. The SMILES string of the molecule is CC[C@H](C)C([C@@H](CC(=O)N1CCC[C@H]1[C@H](OC)[C@@H](C)C(=O)N[C@@H](Cc1cccc(F)c1)C(=O)O)OC)N(C)C(=O)[C@@H](NC(=O)C(NC)C(C)C)C(C)C. The van der Waals surface area contributed by atoms with Crippen LogP contribution in [0.4, 0.5) is 4.39 Å². The highest BCUT2D eigenvalue weighted by atomic mass is 19.1. The molecular weight excluding hydrogens is 685 g/mol. The third-order valence-electron chi connectivity index (χ3n) is 10.7. The molecular formula is C39H64FN5O8. The number of benzene rings is 1. The Morgan fingerprint density at radius 2 is 1.62 bits per heavy atom. The third kappa shape index (κ3) is 12.2. The van der Waals surface area contributed by atoms with E-state index in [0.717, 1.165) is 0 Å². The van der Waals surface area contributed by atoms with Crippen LogP contribution in [0.3, 0.4) is 0 Å². The van der Waals surface area contributed by atoms with E-state index in [0.29, 0.717) is 31.4 Å². The number of nitrogens with zero attached hydrogens (tertiary/aromatic N) is 2. The summed E-state index contributed by atoms with van der Waals surface area (Å²) in [5.74, 6) is -4.18. The maximum Gasteiger partial charge on any atom is 0.326 e. The average molecular weight is 750 g/mol. The van der Waals surface area contributed by atoms with Gasteiger partial charge in [-0.15, -0.1) is 0 Å². The lowest BCUT2D eigenvalue weighted by Crippen LogP contribution is -2.59. The Balaban J connectivity index is 2.27. The Hall–Kier alpha value is -3.62. The largest absolute Gasteiger partial charge is 0.480 e. The number of likely N-dealkylation sites (tertiary alicyclic amines) is 1. The number of aliphatic carboxylic acids is 1. The van der Waals surface area contributed by atoms with Crippen LogP contribution in [0.1, 0.15) is 79.7 Å². The summed E-state index contributed by atoms with van der Waals surface area (Å²) in [5, 5.41) is 18.4. The van der Waals surface area contributed by atoms with Crippen LogP contribution in [-0.4, -0.2) is 122 Å².